The highest BCUT2D eigenvalue weighted by Gasteiger charge is 2.28. The van der Waals surface area contributed by atoms with Gasteiger partial charge in [-0.05, 0) is 51.0 Å². The molecule has 0 spiro atoms. The first-order valence-electron chi connectivity index (χ1n) is 7.70. The van der Waals surface area contributed by atoms with E-state index in [9.17, 15) is 4.79 Å². The molecular formula is C17H25NO2S. The van der Waals surface area contributed by atoms with Crippen molar-refractivity contribution in [2.24, 2.45) is 0 Å². The second-order valence-electron chi connectivity index (χ2n) is 5.80. The second-order valence-corrected chi connectivity index (χ2v) is 6.85. The van der Waals surface area contributed by atoms with Crippen LogP contribution in [0, 0.1) is 0 Å². The molecule has 0 radical (unpaired) electrons. The Bertz CT molecular complexity index is 452. The number of hydrogen-bond donors (Lipinski definition) is 0. The zero-order valence-electron chi connectivity index (χ0n) is 13.2. The van der Waals surface area contributed by atoms with Crippen molar-refractivity contribution in [3.63, 3.8) is 0 Å². The number of hydrogen-bond acceptors (Lipinski definition) is 3. The summed E-state index contributed by atoms with van der Waals surface area (Å²) in [6.07, 6.45) is 4.84. The van der Waals surface area contributed by atoms with Crippen LogP contribution in [-0.4, -0.2) is 35.8 Å². The van der Waals surface area contributed by atoms with Gasteiger partial charge in [-0.15, -0.1) is 11.8 Å². The second kappa shape index (κ2) is 7.74. The highest BCUT2D eigenvalue weighted by molar-refractivity contribution is 8.00. The molecule has 1 aliphatic rings. The largest absolute Gasteiger partial charge is 0.497 e. The predicted octanol–water partition coefficient (Wildman–Crippen LogP) is 3.97. The lowest BCUT2D eigenvalue weighted by Crippen LogP contribution is -2.44. The fourth-order valence-corrected chi connectivity index (χ4v) is 3.75. The van der Waals surface area contributed by atoms with Crippen LogP contribution in [0.4, 0.5) is 0 Å². The summed E-state index contributed by atoms with van der Waals surface area (Å²) < 4.78 is 5.15. The molecule has 21 heavy (non-hydrogen) atoms. The van der Waals surface area contributed by atoms with Crippen molar-refractivity contribution in [3.8, 4) is 5.75 Å². The molecule has 1 amide bonds. The molecule has 1 aromatic carbocycles. The maximum absolute atomic E-state index is 12.5. The number of nitrogens with zero attached hydrogens (tertiary/aromatic N) is 1. The Morgan fingerprint density at radius 2 is 1.90 bits per heavy atom. The molecule has 2 rings (SSSR count). The lowest BCUT2D eigenvalue weighted by molar-refractivity contribution is -0.132. The molecule has 1 aromatic rings. The monoisotopic (exact) mass is 307 g/mol. The Kier molecular flexibility index (Phi) is 5.97. The third-order valence-electron chi connectivity index (χ3n) is 3.98. The molecule has 0 aliphatic heterocycles. The highest BCUT2D eigenvalue weighted by atomic mass is 32.2. The van der Waals surface area contributed by atoms with Crippen LogP contribution in [0.1, 0.15) is 39.5 Å². The minimum absolute atomic E-state index is 0.262. The van der Waals surface area contributed by atoms with Crippen molar-refractivity contribution in [3.05, 3.63) is 24.3 Å². The van der Waals surface area contributed by atoms with Gasteiger partial charge in [0.15, 0.2) is 0 Å². The van der Waals surface area contributed by atoms with Gasteiger partial charge < -0.3 is 9.64 Å². The lowest BCUT2D eigenvalue weighted by Gasteiger charge is -2.32. The van der Waals surface area contributed by atoms with Crippen LogP contribution in [0.5, 0.6) is 5.75 Å². The van der Waals surface area contributed by atoms with Crippen molar-refractivity contribution in [2.45, 2.75) is 56.5 Å². The number of carbonyl (C=O) groups excluding carboxylic acids is 1. The first-order valence-corrected chi connectivity index (χ1v) is 8.68. The minimum Gasteiger partial charge on any atom is -0.497 e. The predicted molar refractivity (Wildman–Crippen MR) is 88.0 cm³/mol. The number of amides is 1. The average molecular weight is 307 g/mol. The van der Waals surface area contributed by atoms with E-state index in [4.69, 9.17) is 4.74 Å². The van der Waals surface area contributed by atoms with Gasteiger partial charge in [-0.1, -0.05) is 12.8 Å². The van der Waals surface area contributed by atoms with E-state index in [1.165, 1.54) is 12.8 Å². The topological polar surface area (TPSA) is 29.5 Å². The standard InChI is InChI=1S/C17H25NO2S/c1-13(2)18(14-6-4-5-7-14)17(19)12-21-16-10-8-15(20-3)9-11-16/h8-11,13-14H,4-7,12H2,1-3H3. The van der Waals surface area contributed by atoms with Gasteiger partial charge in [0.05, 0.1) is 12.9 Å². The van der Waals surface area contributed by atoms with E-state index in [-0.39, 0.29) is 11.9 Å². The highest BCUT2D eigenvalue weighted by Crippen LogP contribution is 2.27. The van der Waals surface area contributed by atoms with Crippen LogP contribution < -0.4 is 4.74 Å². The summed E-state index contributed by atoms with van der Waals surface area (Å²) in [5, 5.41) is 0. The molecule has 0 bridgehead atoms. The maximum atomic E-state index is 12.5. The normalized spacial score (nSPS) is 15.4. The molecule has 0 N–H and O–H groups in total. The summed E-state index contributed by atoms with van der Waals surface area (Å²) in [6.45, 7) is 4.24. The Morgan fingerprint density at radius 1 is 1.29 bits per heavy atom. The Labute approximate surface area is 132 Å². The molecule has 0 aromatic heterocycles. The van der Waals surface area contributed by atoms with Crippen LogP contribution in [-0.2, 0) is 4.79 Å². The molecule has 1 fully saturated rings. The molecule has 0 unspecified atom stereocenters. The van der Waals surface area contributed by atoms with E-state index in [1.807, 2.05) is 24.3 Å². The van der Waals surface area contributed by atoms with E-state index < -0.39 is 0 Å². The molecule has 3 nitrogen and oxygen atoms in total. The molecular weight excluding hydrogens is 282 g/mol. The van der Waals surface area contributed by atoms with Crippen LogP contribution in [0.15, 0.2) is 29.2 Å². The first kappa shape index (κ1) is 16.2. The summed E-state index contributed by atoms with van der Waals surface area (Å²) in [6, 6.07) is 8.62. The zero-order valence-corrected chi connectivity index (χ0v) is 14.0. The number of methoxy groups -OCH3 is 1. The summed E-state index contributed by atoms with van der Waals surface area (Å²) in [5.74, 6) is 1.62. The van der Waals surface area contributed by atoms with Crippen LogP contribution in [0.2, 0.25) is 0 Å². The summed E-state index contributed by atoms with van der Waals surface area (Å²) in [4.78, 5) is 15.8. The van der Waals surface area contributed by atoms with Gasteiger partial charge in [-0.3, -0.25) is 4.79 Å². The van der Waals surface area contributed by atoms with Gasteiger partial charge in [0, 0.05) is 17.0 Å². The number of thioether (sulfide) groups is 1. The van der Waals surface area contributed by atoms with Crippen molar-refractivity contribution < 1.29 is 9.53 Å². The van der Waals surface area contributed by atoms with Crippen molar-refractivity contribution in [2.75, 3.05) is 12.9 Å². The Morgan fingerprint density at radius 3 is 2.43 bits per heavy atom. The number of benzene rings is 1. The van der Waals surface area contributed by atoms with Crippen LogP contribution in [0.3, 0.4) is 0 Å². The fraction of sp³-hybridized carbons (Fsp3) is 0.588. The van der Waals surface area contributed by atoms with Gasteiger partial charge in [0.1, 0.15) is 5.75 Å². The molecule has 4 heteroatoms. The summed E-state index contributed by atoms with van der Waals surface area (Å²) in [7, 11) is 1.66. The zero-order chi connectivity index (χ0) is 15.2. The van der Waals surface area contributed by atoms with Gasteiger partial charge in [0.2, 0.25) is 5.91 Å². The van der Waals surface area contributed by atoms with Crippen molar-refractivity contribution in [1.29, 1.82) is 0 Å². The Balaban J connectivity index is 1.91. The van der Waals surface area contributed by atoms with E-state index in [0.717, 1.165) is 23.5 Å². The van der Waals surface area contributed by atoms with E-state index >= 15 is 0 Å². The molecule has 1 aliphatic carbocycles. The number of carbonyl (C=O) groups is 1. The SMILES string of the molecule is COc1ccc(SCC(=O)N(C(C)C)C2CCCC2)cc1. The van der Waals surface area contributed by atoms with E-state index in [2.05, 4.69) is 18.7 Å². The molecule has 116 valence electrons. The Hall–Kier alpha value is -1.16. The van der Waals surface area contributed by atoms with Crippen LogP contribution >= 0.6 is 11.8 Å². The van der Waals surface area contributed by atoms with E-state index in [1.54, 1.807) is 18.9 Å². The molecule has 0 heterocycles. The lowest BCUT2D eigenvalue weighted by atomic mass is 10.1. The quantitative estimate of drug-likeness (QED) is 0.745. The number of ether oxygens (including phenoxy) is 1. The van der Waals surface area contributed by atoms with E-state index in [0.29, 0.717) is 11.8 Å². The maximum Gasteiger partial charge on any atom is 0.233 e. The average Bonchev–Trinajstić information content (AvgIpc) is 2.99. The minimum atomic E-state index is 0.262. The van der Waals surface area contributed by atoms with Gasteiger partial charge in [0.25, 0.3) is 0 Å². The van der Waals surface area contributed by atoms with Gasteiger partial charge >= 0.3 is 0 Å². The smallest absolute Gasteiger partial charge is 0.233 e. The van der Waals surface area contributed by atoms with Gasteiger partial charge in [-0.25, -0.2) is 0 Å². The molecule has 1 saturated carbocycles. The first-order chi connectivity index (χ1) is 10.1. The molecule has 0 atom stereocenters. The summed E-state index contributed by atoms with van der Waals surface area (Å²) in [5.41, 5.74) is 0. The van der Waals surface area contributed by atoms with Crippen LogP contribution in [0.25, 0.3) is 0 Å². The van der Waals surface area contributed by atoms with Crippen molar-refractivity contribution >= 4 is 17.7 Å². The fourth-order valence-electron chi connectivity index (χ4n) is 2.99. The van der Waals surface area contributed by atoms with Gasteiger partial charge in [-0.2, -0.15) is 0 Å². The third-order valence-corrected chi connectivity index (χ3v) is 4.98. The number of rotatable bonds is 6. The summed E-state index contributed by atoms with van der Waals surface area (Å²) >= 11 is 1.61. The third kappa shape index (κ3) is 4.40. The van der Waals surface area contributed by atoms with Crippen molar-refractivity contribution in [1.82, 2.24) is 4.90 Å². The molecule has 0 saturated heterocycles.